The smallest absolute Gasteiger partial charge is 0.130 e. The number of nitrogens with zero attached hydrogens (tertiary/aromatic N) is 2. The molecule has 0 spiro atoms. The van der Waals surface area contributed by atoms with Crippen molar-refractivity contribution in [2.45, 2.75) is 52.4 Å². The molecule has 0 saturated carbocycles. The average molecular weight is 230 g/mol. The van der Waals surface area contributed by atoms with Gasteiger partial charge in [0, 0.05) is 0 Å². The number of benzene rings is 1. The summed E-state index contributed by atoms with van der Waals surface area (Å²) in [4.78, 5) is 8.86. The van der Waals surface area contributed by atoms with Gasteiger partial charge in [-0.25, -0.2) is 0 Å². The zero-order chi connectivity index (χ0) is 12.8. The van der Waals surface area contributed by atoms with E-state index in [-0.39, 0.29) is 10.8 Å². The summed E-state index contributed by atoms with van der Waals surface area (Å²) < 4.78 is 0. The third-order valence-corrected chi connectivity index (χ3v) is 3.21. The van der Waals surface area contributed by atoms with E-state index in [1.165, 1.54) is 11.1 Å². The first-order chi connectivity index (χ1) is 7.69. The van der Waals surface area contributed by atoms with Gasteiger partial charge < -0.3 is 0 Å². The Morgan fingerprint density at radius 3 is 1.41 bits per heavy atom. The zero-order valence-corrected chi connectivity index (χ0v) is 11.8. The highest BCUT2D eigenvalue weighted by Crippen LogP contribution is 2.32. The Balaban J connectivity index is 2.79. The van der Waals surface area contributed by atoms with Crippen LogP contribution in [0.15, 0.2) is 22.1 Å². The molecule has 0 aliphatic carbocycles. The van der Waals surface area contributed by atoms with Gasteiger partial charge in [0.1, 0.15) is 6.67 Å². The normalized spacial score (nSPS) is 15.2. The molecule has 17 heavy (non-hydrogen) atoms. The van der Waals surface area contributed by atoms with E-state index < -0.39 is 0 Å². The summed E-state index contributed by atoms with van der Waals surface area (Å²) in [6.45, 7) is 14.1. The topological polar surface area (TPSA) is 24.7 Å². The molecule has 0 atom stereocenters. The van der Waals surface area contributed by atoms with Gasteiger partial charge in [0.15, 0.2) is 0 Å². The highest BCUT2D eigenvalue weighted by Gasteiger charge is 2.25. The second-order valence-corrected chi connectivity index (χ2v) is 6.84. The molecule has 0 saturated heterocycles. The summed E-state index contributed by atoms with van der Waals surface area (Å²) in [5.41, 5.74) is 3.08. The van der Waals surface area contributed by atoms with Crippen LogP contribution in [0.5, 0.6) is 0 Å². The Labute approximate surface area is 104 Å². The van der Waals surface area contributed by atoms with Crippen LogP contribution in [0, 0.1) is 0 Å². The summed E-state index contributed by atoms with van der Waals surface area (Å²) in [6, 6.07) is 4.46. The molecule has 1 heterocycles. The second-order valence-electron chi connectivity index (χ2n) is 6.84. The fourth-order valence-corrected chi connectivity index (χ4v) is 2.26. The lowest BCUT2D eigenvalue weighted by Gasteiger charge is -2.29. The van der Waals surface area contributed by atoms with Crippen LogP contribution < -0.4 is 10.7 Å². The van der Waals surface area contributed by atoms with Gasteiger partial charge in [0.25, 0.3) is 0 Å². The molecule has 0 N–H and O–H groups in total. The van der Waals surface area contributed by atoms with Crippen LogP contribution >= 0.6 is 0 Å². The molecule has 0 fully saturated rings. The third kappa shape index (κ3) is 2.26. The predicted molar refractivity (Wildman–Crippen MR) is 71.0 cm³/mol. The standard InChI is InChI=1S/C15H22N2/c1-14(2,3)10-7-12-13(17-9-16-12)8-11(10)15(4,5)6/h7-8H,9H2,1-6H3. The first-order valence-electron chi connectivity index (χ1n) is 6.23. The number of hydrogen-bond acceptors (Lipinski definition) is 2. The zero-order valence-electron chi connectivity index (χ0n) is 11.8. The van der Waals surface area contributed by atoms with Gasteiger partial charge in [-0.05, 0) is 34.1 Å². The van der Waals surface area contributed by atoms with Gasteiger partial charge in [0.05, 0.1) is 10.7 Å². The van der Waals surface area contributed by atoms with Gasteiger partial charge in [-0.3, -0.25) is 9.98 Å². The van der Waals surface area contributed by atoms with Crippen molar-refractivity contribution in [3.05, 3.63) is 34.0 Å². The van der Waals surface area contributed by atoms with Crippen molar-refractivity contribution in [1.82, 2.24) is 0 Å². The molecule has 1 aromatic rings. The van der Waals surface area contributed by atoms with E-state index in [0.29, 0.717) is 6.67 Å². The Morgan fingerprint density at radius 1 is 0.765 bits per heavy atom. The van der Waals surface area contributed by atoms with E-state index in [1.807, 2.05) is 0 Å². The maximum Gasteiger partial charge on any atom is 0.130 e. The van der Waals surface area contributed by atoms with Crippen molar-refractivity contribution >= 4 is 0 Å². The van der Waals surface area contributed by atoms with Crippen molar-refractivity contribution < 1.29 is 0 Å². The maximum atomic E-state index is 4.43. The molecule has 2 nitrogen and oxygen atoms in total. The van der Waals surface area contributed by atoms with E-state index in [0.717, 1.165) is 10.7 Å². The molecule has 0 bridgehead atoms. The van der Waals surface area contributed by atoms with Crippen LogP contribution in [0.2, 0.25) is 0 Å². The molecular formula is C15H22N2. The minimum atomic E-state index is 0.149. The third-order valence-electron chi connectivity index (χ3n) is 3.21. The number of hydrogen-bond donors (Lipinski definition) is 0. The molecule has 1 aromatic carbocycles. The van der Waals surface area contributed by atoms with Gasteiger partial charge in [0.2, 0.25) is 0 Å². The van der Waals surface area contributed by atoms with E-state index in [2.05, 4.69) is 63.7 Å². The van der Waals surface area contributed by atoms with Crippen molar-refractivity contribution in [2.24, 2.45) is 9.98 Å². The average Bonchev–Trinajstić information content (AvgIpc) is 2.59. The van der Waals surface area contributed by atoms with Crippen LogP contribution in [0.3, 0.4) is 0 Å². The van der Waals surface area contributed by atoms with Crippen LogP contribution in [0.1, 0.15) is 52.7 Å². The Morgan fingerprint density at radius 2 is 1.12 bits per heavy atom. The highest BCUT2D eigenvalue weighted by molar-refractivity contribution is 5.37. The Bertz CT molecular complexity index is 503. The second kappa shape index (κ2) is 3.66. The fraction of sp³-hybridized carbons (Fsp3) is 0.600. The lowest BCUT2D eigenvalue weighted by atomic mass is 9.75. The van der Waals surface area contributed by atoms with E-state index >= 15 is 0 Å². The van der Waals surface area contributed by atoms with E-state index in [4.69, 9.17) is 0 Å². The summed E-state index contributed by atoms with van der Waals surface area (Å²) in [5, 5.41) is 2.12. The minimum absolute atomic E-state index is 0.149. The molecule has 0 aromatic heterocycles. The lowest BCUT2D eigenvalue weighted by Crippen LogP contribution is -2.31. The van der Waals surface area contributed by atoms with Gasteiger partial charge >= 0.3 is 0 Å². The molecule has 1 aliphatic rings. The maximum absolute atomic E-state index is 4.43. The fourth-order valence-electron chi connectivity index (χ4n) is 2.26. The Kier molecular flexibility index (Phi) is 2.64. The van der Waals surface area contributed by atoms with Crippen LogP contribution in [0.4, 0.5) is 0 Å². The highest BCUT2D eigenvalue weighted by atomic mass is 15.0. The monoisotopic (exact) mass is 230 g/mol. The van der Waals surface area contributed by atoms with Gasteiger partial charge in [-0.15, -0.1) is 0 Å². The number of fused-ring (bicyclic) bond motifs is 1. The quantitative estimate of drug-likeness (QED) is 0.654. The molecular weight excluding hydrogens is 208 g/mol. The molecule has 0 amide bonds. The molecule has 0 unspecified atom stereocenters. The van der Waals surface area contributed by atoms with Crippen molar-refractivity contribution in [3.63, 3.8) is 0 Å². The SMILES string of the molecule is CC(C)(C)c1cc2c(cc1C(C)(C)C)=NCN=2. The van der Waals surface area contributed by atoms with E-state index in [9.17, 15) is 0 Å². The van der Waals surface area contributed by atoms with Gasteiger partial charge in [-0.2, -0.15) is 0 Å². The van der Waals surface area contributed by atoms with Crippen LogP contribution in [0.25, 0.3) is 0 Å². The van der Waals surface area contributed by atoms with Crippen LogP contribution in [-0.4, -0.2) is 6.67 Å². The first kappa shape index (κ1) is 12.3. The number of rotatable bonds is 0. The largest absolute Gasteiger partial charge is 0.260 e. The van der Waals surface area contributed by atoms with Crippen molar-refractivity contribution in [3.8, 4) is 0 Å². The molecule has 92 valence electrons. The first-order valence-corrected chi connectivity index (χ1v) is 6.23. The molecule has 0 radical (unpaired) electrons. The Hall–Kier alpha value is -1.18. The van der Waals surface area contributed by atoms with E-state index in [1.54, 1.807) is 0 Å². The summed E-state index contributed by atoms with van der Waals surface area (Å²) >= 11 is 0. The van der Waals surface area contributed by atoms with Crippen molar-refractivity contribution in [2.75, 3.05) is 6.67 Å². The lowest BCUT2D eigenvalue weighted by molar-refractivity contribution is 0.529. The molecule has 2 heteroatoms. The summed E-state index contributed by atoms with van der Waals surface area (Å²) in [6.07, 6.45) is 0. The molecule has 2 rings (SSSR count). The van der Waals surface area contributed by atoms with Crippen LogP contribution in [-0.2, 0) is 10.8 Å². The van der Waals surface area contributed by atoms with Crippen molar-refractivity contribution in [1.29, 1.82) is 0 Å². The van der Waals surface area contributed by atoms with Gasteiger partial charge in [-0.1, -0.05) is 41.5 Å². The molecule has 1 aliphatic heterocycles. The predicted octanol–water partition coefficient (Wildman–Crippen LogP) is 2.49. The minimum Gasteiger partial charge on any atom is -0.260 e. The summed E-state index contributed by atoms with van der Waals surface area (Å²) in [7, 11) is 0. The summed E-state index contributed by atoms with van der Waals surface area (Å²) in [5.74, 6) is 0.